The van der Waals surface area contributed by atoms with Gasteiger partial charge >= 0.3 is 0 Å². The summed E-state index contributed by atoms with van der Waals surface area (Å²) < 4.78 is 38.6. The molecule has 0 saturated carbocycles. The summed E-state index contributed by atoms with van der Waals surface area (Å²) in [4.78, 5) is 16.9. The van der Waals surface area contributed by atoms with Crippen LogP contribution in [-0.4, -0.2) is 77.1 Å². The molecule has 0 bridgehead atoms. The summed E-state index contributed by atoms with van der Waals surface area (Å²) in [5.41, 5.74) is 1.11. The fourth-order valence-corrected chi connectivity index (χ4v) is 6.01. The molecule has 2 fully saturated rings. The minimum atomic E-state index is -4.15. The molecule has 0 spiro atoms. The Bertz CT molecular complexity index is 1150. The first-order chi connectivity index (χ1) is 16.2. The Morgan fingerprint density at radius 1 is 1.15 bits per heavy atom. The molecule has 0 aliphatic carbocycles. The van der Waals surface area contributed by atoms with Gasteiger partial charge in [0.1, 0.15) is 6.10 Å². The normalized spacial score (nSPS) is 23.2. The van der Waals surface area contributed by atoms with Crippen molar-refractivity contribution < 1.29 is 17.6 Å². The second-order valence-corrected chi connectivity index (χ2v) is 11.0. The number of ether oxygens (including phenoxy) is 1. The van der Waals surface area contributed by atoms with Gasteiger partial charge in [0, 0.05) is 25.7 Å². The largest absolute Gasteiger partial charge is 0.370 e. The van der Waals surface area contributed by atoms with E-state index in [1.165, 1.54) is 16.4 Å². The Balaban J connectivity index is 1.54. The van der Waals surface area contributed by atoms with Crippen LogP contribution in [0.25, 0.3) is 0 Å². The summed E-state index contributed by atoms with van der Waals surface area (Å²) in [6.07, 6.45) is 0.440. The van der Waals surface area contributed by atoms with Crippen molar-refractivity contribution in [3.8, 4) is 0 Å². The zero-order valence-electron chi connectivity index (χ0n) is 19.0. The number of carbonyl (C=O) groups is 1. The Labute approximate surface area is 210 Å². The highest BCUT2D eigenvalue weighted by Crippen LogP contribution is 2.34. The maximum Gasteiger partial charge on any atom is 0.275 e. The van der Waals surface area contributed by atoms with E-state index in [2.05, 4.69) is 4.36 Å². The Kier molecular flexibility index (Phi) is 7.81. The van der Waals surface area contributed by atoms with Crippen LogP contribution < -0.4 is 0 Å². The van der Waals surface area contributed by atoms with Crippen LogP contribution in [0.5, 0.6) is 0 Å². The summed E-state index contributed by atoms with van der Waals surface area (Å²) in [5.74, 6) is -0.347. The standard InChI is InChI=1S/C23H27Cl2FN4O3S/c1-28(2)18-8-9-30(14-18)34(26,32)27-17-12-19(24)22(20(25)13-17)23(31)29-10-11-33-21(15-29)16-6-4-3-5-7-16/h3-7,12-13,18,21H,8-11,14-15H2,1-2H3/t18-,21+,34+/m0/s1. The molecule has 34 heavy (non-hydrogen) atoms. The highest BCUT2D eigenvalue weighted by Gasteiger charge is 2.32. The quantitative estimate of drug-likeness (QED) is 0.525. The van der Waals surface area contributed by atoms with E-state index in [-0.39, 0.29) is 39.3 Å². The molecule has 0 unspecified atom stereocenters. The summed E-state index contributed by atoms with van der Waals surface area (Å²) >= 11 is 12.8. The molecule has 4 rings (SSSR count). The molecule has 2 saturated heterocycles. The smallest absolute Gasteiger partial charge is 0.275 e. The van der Waals surface area contributed by atoms with Gasteiger partial charge in [0.2, 0.25) is 0 Å². The number of nitrogens with zero attached hydrogens (tertiary/aromatic N) is 4. The second kappa shape index (κ2) is 10.5. The lowest BCUT2D eigenvalue weighted by atomic mass is 10.1. The molecule has 184 valence electrons. The number of hydrogen-bond acceptors (Lipinski definition) is 5. The third-order valence-electron chi connectivity index (χ3n) is 6.16. The zero-order chi connectivity index (χ0) is 24.5. The van der Waals surface area contributed by atoms with Crippen LogP contribution in [0.15, 0.2) is 46.8 Å². The number of rotatable bonds is 5. The van der Waals surface area contributed by atoms with E-state index in [1.54, 1.807) is 4.90 Å². The van der Waals surface area contributed by atoms with Crippen molar-refractivity contribution in [3.05, 3.63) is 63.6 Å². The number of amides is 1. The molecule has 2 aliphatic rings. The van der Waals surface area contributed by atoms with Crippen molar-refractivity contribution in [1.29, 1.82) is 0 Å². The summed E-state index contributed by atoms with van der Waals surface area (Å²) in [5, 5.41) is 0.0589. The second-order valence-electron chi connectivity index (χ2n) is 8.62. The van der Waals surface area contributed by atoms with Crippen LogP contribution >= 0.6 is 23.2 Å². The van der Waals surface area contributed by atoms with Crippen LogP contribution in [0.4, 0.5) is 9.57 Å². The summed E-state index contributed by atoms with van der Waals surface area (Å²) in [7, 11) is -0.352. The third kappa shape index (κ3) is 5.56. The molecule has 0 N–H and O–H groups in total. The summed E-state index contributed by atoms with van der Waals surface area (Å²) in [6.45, 7) is 1.76. The van der Waals surface area contributed by atoms with Gasteiger partial charge in [-0.25, -0.2) is 0 Å². The number of halogens is 3. The van der Waals surface area contributed by atoms with E-state index in [0.29, 0.717) is 39.2 Å². The van der Waals surface area contributed by atoms with Gasteiger partial charge in [0.05, 0.1) is 34.4 Å². The molecular weight excluding hydrogens is 502 g/mol. The molecule has 0 aromatic heterocycles. The van der Waals surface area contributed by atoms with Gasteiger partial charge in [-0.1, -0.05) is 53.5 Å². The predicted octanol–water partition coefficient (Wildman–Crippen LogP) is 4.74. The lowest BCUT2D eigenvalue weighted by Crippen LogP contribution is -2.42. The minimum Gasteiger partial charge on any atom is -0.370 e. The van der Waals surface area contributed by atoms with Crippen LogP contribution in [0, 0.1) is 0 Å². The number of benzene rings is 2. The van der Waals surface area contributed by atoms with Crippen molar-refractivity contribution in [1.82, 2.24) is 14.1 Å². The third-order valence-corrected chi connectivity index (χ3v) is 8.16. The fourth-order valence-electron chi connectivity index (χ4n) is 4.20. The first-order valence-corrected chi connectivity index (χ1v) is 13.1. The molecule has 1 amide bonds. The highest BCUT2D eigenvalue weighted by molar-refractivity contribution is 7.86. The maximum atomic E-state index is 15.0. The fraction of sp³-hybridized carbons (Fsp3) is 0.435. The van der Waals surface area contributed by atoms with Crippen molar-refractivity contribution >= 4 is 45.1 Å². The Hall–Kier alpha value is -1.75. The van der Waals surface area contributed by atoms with Crippen LogP contribution in [0.2, 0.25) is 10.0 Å². The maximum absolute atomic E-state index is 15.0. The molecule has 3 atom stereocenters. The van der Waals surface area contributed by atoms with E-state index in [0.717, 1.165) is 5.56 Å². The number of carbonyl (C=O) groups excluding carboxylic acids is 1. The minimum absolute atomic E-state index is 0.0245. The average molecular weight is 529 g/mol. The van der Waals surface area contributed by atoms with Gasteiger partial charge in [-0.15, -0.1) is 3.89 Å². The van der Waals surface area contributed by atoms with Crippen molar-refractivity contribution in [2.45, 2.75) is 18.6 Å². The van der Waals surface area contributed by atoms with Crippen LogP contribution in [0.3, 0.4) is 0 Å². The lowest BCUT2D eigenvalue weighted by molar-refractivity contribution is -0.0228. The van der Waals surface area contributed by atoms with Gasteiger partial charge in [0.15, 0.2) is 0 Å². The van der Waals surface area contributed by atoms with Gasteiger partial charge in [-0.3, -0.25) is 4.79 Å². The first kappa shape index (κ1) is 25.3. The molecule has 0 radical (unpaired) electrons. The topological polar surface area (TPSA) is 65.5 Å². The molecule has 2 aromatic rings. The van der Waals surface area contributed by atoms with E-state index in [9.17, 15) is 9.00 Å². The number of likely N-dealkylation sites (N-methyl/N-ethyl adjacent to an activating group) is 1. The molecule has 7 nitrogen and oxygen atoms in total. The Morgan fingerprint density at radius 2 is 1.82 bits per heavy atom. The number of morpholine rings is 1. The highest BCUT2D eigenvalue weighted by atomic mass is 35.5. The molecular formula is C23H27Cl2FN4O3S. The molecule has 2 aromatic carbocycles. The number of hydrogen-bond donors (Lipinski definition) is 0. The van der Waals surface area contributed by atoms with Crippen molar-refractivity contribution in [2.24, 2.45) is 4.36 Å². The lowest BCUT2D eigenvalue weighted by Gasteiger charge is -2.33. The summed E-state index contributed by atoms with van der Waals surface area (Å²) in [6, 6.07) is 12.4. The van der Waals surface area contributed by atoms with E-state index < -0.39 is 10.3 Å². The van der Waals surface area contributed by atoms with Gasteiger partial charge in [0.25, 0.3) is 16.2 Å². The molecule has 2 aliphatic heterocycles. The van der Waals surface area contributed by atoms with Crippen molar-refractivity contribution in [2.75, 3.05) is 46.9 Å². The zero-order valence-corrected chi connectivity index (χ0v) is 21.3. The SMILES string of the molecule is CN(C)[C@H]1CCN([S@@](=O)(F)=Nc2cc(Cl)c(C(=O)N3CCO[C@@H](c4ccccc4)C3)c(Cl)c2)C1. The molecule has 2 heterocycles. The van der Waals surface area contributed by atoms with E-state index in [1.807, 2.05) is 49.3 Å². The Morgan fingerprint density at radius 3 is 2.44 bits per heavy atom. The van der Waals surface area contributed by atoms with Gasteiger partial charge < -0.3 is 14.5 Å². The van der Waals surface area contributed by atoms with Gasteiger partial charge in [-0.2, -0.15) is 12.9 Å². The first-order valence-electron chi connectivity index (χ1n) is 11.0. The van der Waals surface area contributed by atoms with E-state index >= 15 is 3.89 Å². The van der Waals surface area contributed by atoms with Crippen LogP contribution in [0.1, 0.15) is 28.4 Å². The van der Waals surface area contributed by atoms with Crippen molar-refractivity contribution in [3.63, 3.8) is 0 Å². The van der Waals surface area contributed by atoms with Gasteiger partial charge in [-0.05, 0) is 38.2 Å². The molecule has 11 heteroatoms. The monoisotopic (exact) mass is 528 g/mol. The predicted molar refractivity (Wildman–Crippen MR) is 133 cm³/mol. The average Bonchev–Trinajstić information content (AvgIpc) is 3.31. The van der Waals surface area contributed by atoms with Crippen LogP contribution in [-0.2, 0) is 15.0 Å². The van der Waals surface area contributed by atoms with E-state index in [4.69, 9.17) is 27.9 Å².